The first-order valence-electron chi connectivity index (χ1n) is 7.29. The minimum absolute atomic E-state index is 0.254. The summed E-state index contributed by atoms with van der Waals surface area (Å²) >= 11 is 5.94. The maximum Gasteiger partial charge on any atom is 0.0787 e. The first-order chi connectivity index (χ1) is 10.0. The van der Waals surface area contributed by atoms with Gasteiger partial charge in [0, 0.05) is 17.8 Å². The van der Waals surface area contributed by atoms with Crippen molar-refractivity contribution in [2.75, 3.05) is 11.9 Å². The molecule has 0 bridgehead atoms. The Bertz CT molecular complexity index is 565. The summed E-state index contributed by atoms with van der Waals surface area (Å²) < 4.78 is 0. The number of hydrogen-bond donors (Lipinski definition) is 1. The quantitative estimate of drug-likeness (QED) is 0.842. The molecule has 0 spiro atoms. The molecular formula is C18H22ClNO. The Kier molecular flexibility index (Phi) is 5.27. The lowest BCUT2D eigenvalue weighted by Gasteiger charge is -2.28. The average Bonchev–Trinajstić information content (AvgIpc) is 2.53. The van der Waals surface area contributed by atoms with Crippen LogP contribution in [0.1, 0.15) is 43.5 Å². The zero-order chi connectivity index (χ0) is 15.4. The van der Waals surface area contributed by atoms with Crippen molar-refractivity contribution >= 4 is 17.3 Å². The fraction of sp³-hybridized carbons (Fsp3) is 0.333. The molecule has 2 rings (SSSR count). The molecule has 112 valence electrons. The minimum atomic E-state index is -0.377. The van der Waals surface area contributed by atoms with Crippen LogP contribution < -0.4 is 4.90 Å². The third-order valence-electron chi connectivity index (χ3n) is 4.01. The van der Waals surface area contributed by atoms with E-state index in [-0.39, 0.29) is 12.1 Å². The van der Waals surface area contributed by atoms with Crippen molar-refractivity contribution in [3.63, 3.8) is 0 Å². The zero-order valence-corrected chi connectivity index (χ0v) is 13.5. The van der Waals surface area contributed by atoms with Crippen molar-refractivity contribution in [3.8, 4) is 0 Å². The average molecular weight is 304 g/mol. The van der Waals surface area contributed by atoms with Gasteiger partial charge in [-0.1, -0.05) is 42.8 Å². The summed E-state index contributed by atoms with van der Waals surface area (Å²) in [6.45, 7) is 4.14. The SMILES string of the molecule is CC[C@H](O)c1ccc(N(C)C(C)c2ccc(Cl)cc2)cc1. The standard InChI is InChI=1S/C18H22ClNO/c1-4-18(21)15-7-11-17(12-8-15)20(3)13(2)14-5-9-16(19)10-6-14/h5-13,18,21H,4H2,1-3H3/t13?,18-/m0/s1. The molecule has 0 radical (unpaired) electrons. The van der Waals surface area contributed by atoms with E-state index in [0.717, 1.165) is 22.7 Å². The Balaban J connectivity index is 2.15. The fourth-order valence-electron chi connectivity index (χ4n) is 2.36. The Hall–Kier alpha value is -1.51. The topological polar surface area (TPSA) is 23.5 Å². The van der Waals surface area contributed by atoms with Crippen molar-refractivity contribution in [3.05, 3.63) is 64.7 Å². The van der Waals surface area contributed by atoms with Gasteiger partial charge in [-0.15, -0.1) is 0 Å². The first kappa shape index (κ1) is 15.9. The molecule has 0 saturated heterocycles. The largest absolute Gasteiger partial charge is 0.388 e. The van der Waals surface area contributed by atoms with Crippen LogP contribution in [-0.2, 0) is 0 Å². The molecule has 2 aromatic carbocycles. The first-order valence-corrected chi connectivity index (χ1v) is 7.67. The molecule has 0 saturated carbocycles. The molecule has 1 N–H and O–H groups in total. The molecule has 21 heavy (non-hydrogen) atoms. The van der Waals surface area contributed by atoms with Gasteiger partial charge < -0.3 is 10.0 Å². The Morgan fingerprint density at radius 1 is 1.00 bits per heavy atom. The molecule has 0 heterocycles. The summed E-state index contributed by atoms with van der Waals surface area (Å²) in [7, 11) is 2.07. The Morgan fingerprint density at radius 2 is 1.52 bits per heavy atom. The molecular weight excluding hydrogens is 282 g/mol. The number of halogens is 1. The number of nitrogens with zero attached hydrogens (tertiary/aromatic N) is 1. The highest BCUT2D eigenvalue weighted by atomic mass is 35.5. The van der Waals surface area contributed by atoms with E-state index in [1.165, 1.54) is 5.56 Å². The number of rotatable bonds is 5. The molecule has 0 fully saturated rings. The molecule has 0 aliphatic rings. The van der Waals surface area contributed by atoms with Crippen LogP contribution in [0.2, 0.25) is 5.02 Å². The van der Waals surface area contributed by atoms with Crippen LogP contribution in [-0.4, -0.2) is 12.2 Å². The smallest absolute Gasteiger partial charge is 0.0787 e. The lowest BCUT2D eigenvalue weighted by molar-refractivity contribution is 0.173. The Labute approximate surface area is 132 Å². The van der Waals surface area contributed by atoms with Gasteiger partial charge in [0.25, 0.3) is 0 Å². The molecule has 2 atom stereocenters. The molecule has 0 aliphatic heterocycles. The second-order valence-electron chi connectivity index (χ2n) is 5.35. The number of hydrogen-bond acceptors (Lipinski definition) is 2. The van der Waals surface area contributed by atoms with Gasteiger partial charge in [-0.2, -0.15) is 0 Å². The van der Waals surface area contributed by atoms with Crippen LogP contribution in [0.4, 0.5) is 5.69 Å². The predicted molar refractivity (Wildman–Crippen MR) is 90.0 cm³/mol. The van der Waals surface area contributed by atoms with Crippen molar-refractivity contribution in [1.82, 2.24) is 0 Å². The van der Waals surface area contributed by atoms with Gasteiger partial charge in [0.15, 0.2) is 0 Å². The van der Waals surface area contributed by atoms with Gasteiger partial charge in [-0.05, 0) is 48.7 Å². The lowest BCUT2D eigenvalue weighted by atomic mass is 10.0. The van der Waals surface area contributed by atoms with E-state index in [9.17, 15) is 5.11 Å². The van der Waals surface area contributed by atoms with E-state index < -0.39 is 0 Å². The highest BCUT2D eigenvalue weighted by Crippen LogP contribution is 2.27. The summed E-state index contributed by atoms with van der Waals surface area (Å²) in [6, 6.07) is 16.3. The van der Waals surface area contributed by atoms with E-state index in [0.29, 0.717) is 0 Å². The lowest BCUT2D eigenvalue weighted by Crippen LogP contribution is -2.21. The van der Waals surface area contributed by atoms with Gasteiger partial charge in [-0.3, -0.25) is 0 Å². The van der Waals surface area contributed by atoms with Gasteiger partial charge in [-0.25, -0.2) is 0 Å². The third kappa shape index (κ3) is 3.78. The van der Waals surface area contributed by atoms with Gasteiger partial charge in [0.2, 0.25) is 0 Å². The van der Waals surface area contributed by atoms with E-state index in [1.807, 2.05) is 31.2 Å². The normalized spacial score (nSPS) is 13.8. The number of aliphatic hydroxyl groups excluding tert-OH is 1. The summed E-state index contributed by atoms with van der Waals surface area (Å²) in [5.41, 5.74) is 3.32. The van der Waals surface area contributed by atoms with Crippen LogP contribution in [0.15, 0.2) is 48.5 Å². The second kappa shape index (κ2) is 6.97. The highest BCUT2D eigenvalue weighted by molar-refractivity contribution is 6.30. The molecule has 2 nitrogen and oxygen atoms in total. The summed E-state index contributed by atoms with van der Waals surface area (Å²) in [6.07, 6.45) is 0.356. The summed E-state index contributed by atoms with van der Waals surface area (Å²) in [5.74, 6) is 0. The van der Waals surface area contributed by atoms with E-state index in [2.05, 4.69) is 43.1 Å². The van der Waals surface area contributed by atoms with Crippen molar-refractivity contribution in [2.24, 2.45) is 0 Å². The second-order valence-corrected chi connectivity index (χ2v) is 5.79. The molecule has 0 amide bonds. The third-order valence-corrected chi connectivity index (χ3v) is 4.26. The highest BCUT2D eigenvalue weighted by Gasteiger charge is 2.13. The molecule has 0 aliphatic carbocycles. The Morgan fingerprint density at radius 3 is 2.05 bits per heavy atom. The van der Waals surface area contributed by atoms with E-state index >= 15 is 0 Å². The maximum atomic E-state index is 9.85. The number of aliphatic hydroxyl groups is 1. The van der Waals surface area contributed by atoms with Gasteiger partial charge in [0.1, 0.15) is 0 Å². The fourth-order valence-corrected chi connectivity index (χ4v) is 2.48. The van der Waals surface area contributed by atoms with Crippen molar-refractivity contribution < 1.29 is 5.11 Å². The molecule has 2 aromatic rings. The van der Waals surface area contributed by atoms with Crippen LogP contribution >= 0.6 is 11.6 Å². The maximum absolute atomic E-state index is 9.85. The van der Waals surface area contributed by atoms with Crippen LogP contribution in [0.5, 0.6) is 0 Å². The van der Waals surface area contributed by atoms with Crippen LogP contribution in [0.3, 0.4) is 0 Å². The van der Waals surface area contributed by atoms with Gasteiger partial charge >= 0.3 is 0 Å². The molecule has 0 aromatic heterocycles. The minimum Gasteiger partial charge on any atom is -0.388 e. The summed E-state index contributed by atoms with van der Waals surface area (Å²) in [4.78, 5) is 2.21. The molecule has 1 unspecified atom stereocenters. The predicted octanol–water partition coefficient (Wildman–Crippen LogP) is 4.98. The van der Waals surface area contributed by atoms with Crippen molar-refractivity contribution in [1.29, 1.82) is 0 Å². The summed E-state index contributed by atoms with van der Waals surface area (Å²) in [5, 5.41) is 10.6. The monoisotopic (exact) mass is 303 g/mol. The number of anilines is 1. The zero-order valence-electron chi connectivity index (χ0n) is 12.8. The molecule has 3 heteroatoms. The van der Waals surface area contributed by atoms with Crippen LogP contribution in [0.25, 0.3) is 0 Å². The number of benzene rings is 2. The van der Waals surface area contributed by atoms with Crippen LogP contribution in [0, 0.1) is 0 Å². The van der Waals surface area contributed by atoms with E-state index in [4.69, 9.17) is 11.6 Å². The van der Waals surface area contributed by atoms with Crippen molar-refractivity contribution in [2.45, 2.75) is 32.4 Å². The van der Waals surface area contributed by atoms with Gasteiger partial charge in [0.05, 0.1) is 12.1 Å². The van der Waals surface area contributed by atoms with E-state index in [1.54, 1.807) is 0 Å².